The van der Waals surface area contributed by atoms with Gasteiger partial charge in [0.2, 0.25) is 5.91 Å². The molecule has 0 saturated carbocycles. The number of likely N-dealkylation sites (N-methyl/N-ethyl adjacent to an activating group) is 1. The van der Waals surface area contributed by atoms with Gasteiger partial charge in [-0.1, -0.05) is 0 Å². The molecule has 18 heavy (non-hydrogen) atoms. The largest absolute Gasteiger partial charge is 0.378 e. The Morgan fingerprint density at radius 3 is 3.00 bits per heavy atom. The second-order valence-corrected chi connectivity index (χ2v) is 4.92. The third kappa shape index (κ3) is 2.02. The summed E-state index contributed by atoms with van der Waals surface area (Å²) in [6.45, 7) is 4.24. The van der Waals surface area contributed by atoms with Crippen molar-refractivity contribution in [3.63, 3.8) is 0 Å². The second kappa shape index (κ2) is 4.70. The van der Waals surface area contributed by atoms with Gasteiger partial charge in [0.15, 0.2) is 0 Å². The molecule has 98 valence electrons. The third-order valence-corrected chi connectivity index (χ3v) is 3.57. The number of rotatable bonds is 1. The molecule has 0 aromatic carbocycles. The summed E-state index contributed by atoms with van der Waals surface area (Å²) in [6.07, 6.45) is 1.77. The maximum absolute atomic E-state index is 12.5. The maximum atomic E-state index is 12.5. The van der Waals surface area contributed by atoms with Gasteiger partial charge in [-0.15, -0.1) is 0 Å². The van der Waals surface area contributed by atoms with Gasteiger partial charge in [-0.25, -0.2) is 0 Å². The van der Waals surface area contributed by atoms with E-state index in [4.69, 9.17) is 4.74 Å². The lowest BCUT2D eigenvalue weighted by molar-refractivity contribution is -0.140. The summed E-state index contributed by atoms with van der Waals surface area (Å²) >= 11 is 0. The van der Waals surface area contributed by atoms with Crippen LogP contribution in [0.1, 0.15) is 11.7 Å². The van der Waals surface area contributed by atoms with Crippen molar-refractivity contribution in [3.05, 3.63) is 18.0 Å². The van der Waals surface area contributed by atoms with Gasteiger partial charge in [0.1, 0.15) is 6.04 Å². The zero-order chi connectivity index (χ0) is 12.5. The lowest BCUT2D eigenvalue weighted by Crippen LogP contribution is -2.49. The summed E-state index contributed by atoms with van der Waals surface area (Å²) in [4.78, 5) is 16.6. The molecule has 1 saturated heterocycles. The molecule has 1 aromatic rings. The van der Waals surface area contributed by atoms with E-state index in [1.54, 1.807) is 6.20 Å². The molecule has 0 radical (unpaired) electrons. The van der Waals surface area contributed by atoms with Crippen molar-refractivity contribution < 1.29 is 9.53 Å². The minimum Gasteiger partial charge on any atom is -0.378 e. The van der Waals surface area contributed by atoms with Crippen LogP contribution in [-0.4, -0.2) is 65.4 Å². The Bertz CT molecular complexity index is 439. The Morgan fingerprint density at radius 1 is 1.44 bits per heavy atom. The summed E-state index contributed by atoms with van der Waals surface area (Å²) in [7, 11) is 2.04. The number of carbonyl (C=O) groups is 1. The van der Waals surface area contributed by atoms with Crippen molar-refractivity contribution in [3.8, 4) is 0 Å². The van der Waals surface area contributed by atoms with E-state index in [1.807, 2.05) is 22.7 Å². The minimum atomic E-state index is -0.188. The highest BCUT2D eigenvalue weighted by molar-refractivity contribution is 5.81. The molecule has 0 spiro atoms. The standard InChI is InChI=1S/C12H18N4O2/c1-14-8-10-2-3-13-16(10)11(9-14)12(17)15-4-6-18-7-5-15/h2-3,11H,4-9H2,1H3/t11-/m0/s1. The van der Waals surface area contributed by atoms with Crippen molar-refractivity contribution in [2.45, 2.75) is 12.6 Å². The van der Waals surface area contributed by atoms with E-state index in [1.165, 1.54) is 0 Å². The molecule has 6 heteroatoms. The predicted molar refractivity (Wildman–Crippen MR) is 65.0 cm³/mol. The number of fused-ring (bicyclic) bond motifs is 1. The summed E-state index contributed by atoms with van der Waals surface area (Å²) in [6, 6.07) is 1.79. The molecule has 3 rings (SSSR count). The van der Waals surface area contributed by atoms with Gasteiger partial charge >= 0.3 is 0 Å². The number of morpholine rings is 1. The summed E-state index contributed by atoms with van der Waals surface area (Å²) in [5.41, 5.74) is 1.11. The van der Waals surface area contributed by atoms with Crippen molar-refractivity contribution >= 4 is 5.91 Å². The maximum Gasteiger partial charge on any atom is 0.248 e. The summed E-state index contributed by atoms with van der Waals surface area (Å²) < 4.78 is 7.16. The number of aromatic nitrogens is 2. The normalized spacial score (nSPS) is 24.9. The van der Waals surface area contributed by atoms with Gasteiger partial charge in [-0.05, 0) is 13.1 Å². The smallest absolute Gasteiger partial charge is 0.248 e. The van der Waals surface area contributed by atoms with Crippen LogP contribution in [-0.2, 0) is 16.1 Å². The van der Waals surface area contributed by atoms with E-state index in [0.717, 1.165) is 18.8 Å². The van der Waals surface area contributed by atoms with Crippen LogP contribution in [0.5, 0.6) is 0 Å². The number of hydrogen-bond donors (Lipinski definition) is 0. The quantitative estimate of drug-likeness (QED) is 0.688. The van der Waals surface area contributed by atoms with Gasteiger partial charge in [0.05, 0.1) is 18.9 Å². The first kappa shape index (κ1) is 11.7. The van der Waals surface area contributed by atoms with Crippen molar-refractivity contribution in [2.75, 3.05) is 39.9 Å². The summed E-state index contributed by atoms with van der Waals surface area (Å²) in [5.74, 6) is 0.162. The molecular formula is C12H18N4O2. The lowest BCUT2D eigenvalue weighted by atomic mass is 10.1. The van der Waals surface area contributed by atoms with Crippen LogP contribution in [0.3, 0.4) is 0 Å². The minimum absolute atomic E-state index is 0.162. The zero-order valence-electron chi connectivity index (χ0n) is 10.6. The molecule has 0 N–H and O–H groups in total. The first-order valence-corrected chi connectivity index (χ1v) is 6.33. The first-order valence-electron chi connectivity index (χ1n) is 6.33. The Balaban J connectivity index is 1.81. The number of carbonyl (C=O) groups excluding carboxylic acids is 1. The average molecular weight is 250 g/mol. The molecule has 1 amide bonds. The lowest BCUT2D eigenvalue weighted by Gasteiger charge is -2.35. The highest BCUT2D eigenvalue weighted by Gasteiger charge is 2.32. The number of ether oxygens (including phenoxy) is 1. The van der Waals surface area contributed by atoms with E-state index >= 15 is 0 Å². The molecule has 2 aliphatic rings. The van der Waals surface area contributed by atoms with Crippen molar-refractivity contribution in [2.24, 2.45) is 0 Å². The Kier molecular flexibility index (Phi) is 3.05. The van der Waals surface area contributed by atoms with Crippen molar-refractivity contribution in [1.29, 1.82) is 0 Å². The van der Waals surface area contributed by atoms with E-state index in [0.29, 0.717) is 26.3 Å². The molecule has 1 atom stereocenters. The van der Waals surface area contributed by atoms with Crippen LogP contribution in [0.2, 0.25) is 0 Å². The van der Waals surface area contributed by atoms with Crippen LogP contribution in [0.4, 0.5) is 0 Å². The molecule has 0 unspecified atom stereocenters. The Morgan fingerprint density at radius 2 is 2.22 bits per heavy atom. The van der Waals surface area contributed by atoms with E-state index < -0.39 is 0 Å². The number of nitrogens with zero attached hydrogens (tertiary/aromatic N) is 4. The molecule has 0 aliphatic carbocycles. The van der Waals surface area contributed by atoms with Crippen LogP contribution < -0.4 is 0 Å². The van der Waals surface area contributed by atoms with Crippen LogP contribution in [0.25, 0.3) is 0 Å². The van der Waals surface area contributed by atoms with Gasteiger partial charge in [-0.2, -0.15) is 5.10 Å². The van der Waals surface area contributed by atoms with Crippen LogP contribution in [0.15, 0.2) is 12.3 Å². The van der Waals surface area contributed by atoms with Crippen LogP contribution >= 0.6 is 0 Å². The van der Waals surface area contributed by atoms with Crippen molar-refractivity contribution in [1.82, 2.24) is 19.6 Å². The fraction of sp³-hybridized carbons (Fsp3) is 0.667. The SMILES string of the molecule is CN1Cc2ccnn2[C@H](C(=O)N2CCOCC2)C1. The molecule has 1 aromatic heterocycles. The fourth-order valence-electron chi connectivity index (χ4n) is 2.64. The first-order chi connectivity index (χ1) is 8.75. The molecular weight excluding hydrogens is 232 g/mol. The monoisotopic (exact) mass is 250 g/mol. The third-order valence-electron chi connectivity index (χ3n) is 3.57. The Labute approximate surface area is 106 Å². The molecule has 6 nitrogen and oxygen atoms in total. The van der Waals surface area contributed by atoms with Gasteiger partial charge in [0.25, 0.3) is 0 Å². The van der Waals surface area contributed by atoms with Crippen LogP contribution in [0, 0.1) is 0 Å². The van der Waals surface area contributed by atoms with E-state index in [2.05, 4.69) is 10.00 Å². The molecule has 3 heterocycles. The van der Waals surface area contributed by atoms with E-state index in [9.17, 15) is 4.79 Å². The van der Waals surface area contributed by atoms with Gasteiger partial charge in [-0.3, -0.25) is 14.4 Å². The fourth-order valence-corrected chi connectivity index (χ4v) is 2.64. The topological polar surface area (TPSA) is 50.6 Å². The van der Waals surface area contributed by atoms with Gasteiger partial charge < -0.3 is 9.64 Å². The second-order valence-electron chi connectivity index (χ2n) is 4.92. The predicted octanol–water partition coefficient (Wildman–Crippen LogP) is -0.272. The number of hydrogen-bond acceptors (Lipinski definition) is 4. The summed E-state index contributed by atoms with van der Waals surface area (Å²) in [5, 5.41) is 4.30. The highest BCUT2D eigenvalue weighted by atomic mass is 16.5. The van der Waals surface area contributed by atoms with E-state index in [-0.39, 0.29) is 11.9 Å². The molecule has 0 bridgehead atoms. The average Bonchev–Trinajstić information content (AvgIpc) is 2.86. The molecule has 1 fully saturated rings. The Hall–Kier alpha value is -1.40. The highest BCUT2D eigenvalue weighted by Crippen LogP contribution is 2.21. The zero-order valence-corrected chi connectivity index (χ0v) is 10.6. The van der Waals surface area contributed by atoms with Gasteiger partial charge in [0, 0.05) is 32.4 Å². The number of amides is 1. The molecule has 2 aliphatic heterocycles.